The summed E-state index contributed by atoms with van der Waals surface area (Å²) in [7, 11) is 0. The second kappa shape index (κ2) is 6.23. The van der Waals surface area contributed by atoms with Crippen molar-refractivity contribution in [3.05, 3.63) is 45.5 Å². The van der Waals surface area contributed by atoms with Gasteiger partial charge in [-0.25, -0.2) is 0 Å². The first-order valence-corrected chi connectivity index (χ1v) is 5.60. The van der Waals surface area contributed by atoms with Gasteiger partial charge in [0.05, 0.1) is 18.1 Å². The van der Waals surface area contributed by atoms with Gasteiger partial charge < -0.3 is 9.84 Å². The molecule has 96 valence electrons. The maximum atomic E-state index is 10.7. The zero-order valence-corrected chi connectivity index (χ0v) is 10.7. The van der Waals surface area contributed by atoms with Crippen LogP contribution in [0.15, 0.2) is 24.3 Å². The van der Waals surface area contributed by atoms with Crippen LogP contribution in [0, 0.1) is 10.1 Å². The lowest BCUT2D eigenvalue weighted by Gasteiger charge is -2.08. The average Bonchev–Trinajstić information content (AvgIpc) is 2.30. The largest absolute Gasteiger partial charge is 0.507 e. The smallest absolute Gasteiger partial charge is 0.270 e. The van der Waals surface area contributed by atoms with Gasteiger partial charge in [0.1, 0.15) is 5.75 Å². The van der Waals surface area contributed by atoms with Gasteiger partial charge in [-0.05, 0) is 6.92 Å². The van der Waals surface area contributed by atoms with Crippen LogP contribution in [0.2, 0.25) is 0 Å². The molecule has 18 heavy (non-hydrogen) atoms. The van der Waals surface area contributed by atoms with Crippen molar-refractivity contribution in [3.63, 3.8) is 0 Å². The van der Waals surface area contributed by atoms with Crippen LogP contribution >= 0.6 is 12.2 Å². The van der Waals surface area contributed by atoms with Gasteiger partial charge in [0.25, 0.3) is 5.69 Å². The number of aromatic hydroxyl groups is 1. The van der Waals surface area contributed by atoms with Crippen molar-refractivity contribution in [2.75, 3.05) is 6.61 Å². The van der Waals surface area contributed by atoms with Crippen molar-refractivity contribution in [2.24, 2.45) is 0 Å². The number of hydrogen-bond donors (Lipinski definition) is 1. The van der Waals surface area contributed by atoms with Crippen molar-refractivity contribution in [1.82, 2.24) is 0 Å². The van der Waals surface area contributed by atoms with Crippen LogP contribution in [-0.4, -0.2) is 22.0 Å². The van der Waals surface area contributed by atoms with Crippen LogP contribution in [0.25, 0.3) is 0 Å². The summed E-state index contributed by atoms with van der Waals surface area (Å²) in [5.74, 6) is -0.0858. The fraction of sp³-hybridized carbons (Fsp3) is 0.250. The molecule has 0 unspecified atom stereocenters. The monoisotopic (exact) mass is 267 g/mol. The summed E-state index contributed by atoms with van der Waals surface area (Å²) in [4.78, 5) is 10.2. The number of nitro benzene ring substituents is 1. The Balaban J connectivity index is 3.01. The second-order valence-corrected chi connectivity index (χ2v) is 4.10. The standard InChI is InChI=1S/C12H13NO4S/c1-8(2)5-17-6-9-3-11(13(15)16)4-10(7-18)12(9)14/h3-4,7,14H,1,5-6H2,2H3. The number of hydrogen-bond acceptors (Lipinski definition) is 5. The number of nitro groups is 1. The highest BCUT2D eigenvalue weighted by molar-refractivity contribution is 7.79. The molecule has 0 aliphatic carbocycles. The quantitative estimate of drug-likeness (QED) is 0.371. The second-order valence-electron chi connectivity index (χ2n) is 3.87. The Morgan fingerprint density at radius 2 is 2.33 bits per heavy atom. The summed E-state index contributed by atoms with van der Waals surface area (Å²) in [5.41, 5.74) is 1.28. The number of benzene rings is 1. The average molecular weight is 267 g/mol. The third kappa shape index (κ3) is 3.61. The Labute approximate surface area is 110 Å². The lowest BCUT2D eigenvalue weighted by Crippen LogP contribution is -1.99. The highest BCUT2D eigenvalue weighted by Gasteiger charge is 2.14. The molecule has 1 N–H and O–H groups in total. The van der Waals surface area contributed by atoms with Gasteiger partial charge in [0.2, 0.25) is 0 Å². The van der Waals surface area contributed by atoms with Crippen LogP contribution < -0.4 is 0 Å². The van der Waals surface area contributed by atoms with Gasteiger partial charge in [-0.3, -0.25) is 10.1 Å². The highest BCUT2D eigenvalue weighted by atomic mass is 32.1. The van der Waals surface area contributed by atoms with Crippen molar-refractivity contribution >= 4 is 23.3 Å². The van der Waals surface area contributed by atoms with E-state index in [-0.39, 0.29) is 23.6 Å². The Morgan fingerprint density at radius 3 is 2.83 bits per heavy atom. The van der Waals surface area contributed by atoms with E-state index < -0.39 is 4.92 Å². The maximum absolute atomic E-state index is 10.7. The fourth-order valence-electron chi connectivity index (χ4n) is 1.34. The predicted octanol–water partition coefficient (Wildman–Crippen LogP) is 2.74. The van der Waals surface area contributed by atoms with Crippen molar-refractivity contribution in [1.29, 1.82) is 0 Å². The van der Waals surface area contributed by atoms with E-state index in [0.717, 1.165) is 5.57 Å². The zero-order valence-electron chi connectivity index (χ0n) is 9.88. The van der Waals surface area contributed by atoms with Crippen LogP contribution in [0.5, 0.6) is 5.75 Å². The molecular weight excluding hydrogens is 254 g/mol. The van der Waals surface area contributed by atoms with Crippen LogP contribution in [0.1, 0.15) is 18.1 Å². The summed E-state index contributed by atoms with van der Waals surface area (Å²) in [5, 5.41) is 21.8. The molecule has 1 rings (SSSR count). The number of rotatable bonds is 6. The first-order chi connectivity index (χ1) is 8.45. The molecule has 0 atom stereocenters. The lowest BCUT2D eigenvalue weighted by molar-refractivity contribution is -0.385. The van der Waals surface area contributed by atoms with Crippen LogP contribution in [0.4, 0.5) is 5.69 Å². The molecule has 5 nitrogen and oxygen atoms in total. The first-order valence-electron chi connectivity index (χ1n) is 5.13. The summed E-state index contributed by atoms with van der Waals surface area (Å²) in [6, 6.07) is 2.50. The topological polar surface area (TPSA) is 72.6 Å². The molecule has 0 radical (unpaired) electrons. The normalized spacial score (nSPS) is 10.1. The molecule has 0 aliphatic heterocycles. The molecule has 6 heteroatoms. The van der Waals surface area contributed by atoms with Crippen LogP contribution in [0.3, 0.4) is 0 Å². The summed E-state index contributed by atoms with van der Waals surface area (Å²) in [6.07, 6.45) is 0. The van der Waals surface area contributed by atoms with E-state index in [2.05, 4.69) is 6.58 Å². The Kier molecular flexibility index (Phi) is 4.94. The number of non-ortho nitro benzene ring substituents is 1. The SMILES string of the molecule is C=C(C)COCc1cc([N+](=O)[O-])cc(C=S)c1O. The van der Waals surface area contributed by atoms with Crippen molar-refractivity contribution in [2.45, 2.75) is 13.5 Å². The third-order valence-corrected chi connectivity index (χ3v) is 2.40. The molecule has 0 bridgehead atoms. The van der Waals surface area contributed by atoms with E-state index in [1.807, 2.05) is 0 Å². The zero-order chi connectivity index (χ0) is 13.7. The molecule has 0 saturated heterocycles. The Morgan fingerprint density at radius 1 is 1.67 bits per heavy atom. The van der Waals surface area contributed by atoms with Gasteiger partial charge in [0.15, 0.2) is 0 Å². The number of ether oxygens (including phenoxy) is 1. The molecule has 0 fully saturated rings. The van der Waals surface area contributed by atoms with E-state index in [4.69, 9.17) is 17.0 Å². The van der Waals surface area contributed by atoms with Gasteiger partial charge in [-0.2, -0.15) is 0 Å². The predicted molar refractivity (Wildman–Crippen MR) is 72.0 cm³/mol. The van der Waals surface area contributed by atoms with E-state index in [9.17, 15) is 15.2 Å². The molecule has 1 aromatic rings. The van der Waals surface area contributed by atoms with E-state index in [1.54, 1.807) is 6.92 Å². The molecule has 1 aromatic carbocycles. The van der Waals surface area contributed by atoms with Gasteiger partial charge in [-0.15, -0.1) is 0 Å². The van der Waals surface area contributed by atoms with Gasteiger partial charge >= 0.3 is 0 Å². The van der Waals surface area contributed by atoms with Crippen molar-refractivity contribution in [3.8, 4) is 5.75 Å². The van der Waals surface area contributed by atoms with E-state index >= 15 is 0 Å². The molecule has 0 aromatic heterocycles. The fourth-order valence-corrected chi connectivity index (χ4v) is 1.52. The number of thiocarbonyl (C=S) groups is 1. The minimum absolute atomic E-state index is 0.0660. The number of phenols is 1. The molecule has 0 heterocycles. The molecular formula is C12H13NO4S. The first kappa shape index (κ1) is 14.3. The summed E-state index contributed by atoms with van der Waals surface area (Å²) >= 11 is 4.70. The van der Waals surface area contributed by atoms with Crippen LogP contribution in [-0.2, 0) is 11.3 Å². The van der Waals surface area contributed by atoms with E-state index in [1.165, 1.54) is 17.5 Å². The van der Waals surface area contributed by atoms with E-state index in [0.29, 0.717) is 12.2 Å². The Hall–Kier alpha value is -1.79. The molecule has 0 aliphatic rings. The molecule has 0 amide bonds. The minimum Gasteiger partial charge on any atom is -0.507 e. The lowest BCUT2D eigenvalue weighted by atomic mass is 10.1. The molecule has 0 saturated carbocycles. The number of phenolic OH excluding ortho intramolecular Hbond substituents is 1. The summed E-state index contributed by atoms with van der Waals surface area (Å²) < 4.78 is 5.27. The molecule has 0 spiro atoms. The third-order valence-electron chi connectivity index (χ3n) is 2.15. The maximum Gasteiger partial charge on any atom is 0.270 e. The van der Waals surface area contributed by atoms with Gasteiger partial charge in [0, 0.05) is 28.6 Å². The number of nitrogens with zero attached hydrogens (tertiary/aromatic N) is 1. The minimum atomic E-state index is -0.538. The summed E-state index contributed by atoms with van der Waals surface area (Å²) in [6.45, 7) is 5.87. The van der Waals surface area contributed by atoms with Gasteiger partial charge in [-0.1, -0.05) is 24.4 Å². The highest BCUT2D eigenvalue weighted by Crippen LogP contribution is 2.28. The van der Waals surface area contributed by atoms with Crippen molar-refractivity contribution < 1.29 is 14.8 Å². The Bertz CT molecular complexity index is 499.